The van der Waals surface area contributed by atoms with E-state index >= 15 is 0 Å². The van der Waals surface area contributed by atoms with E-state index in [1.165, 1.54) is 18.2 Å². The second-order valence-electron chi connectivity index (χ2n) is 3.82. The molecule has 0 fully saturated rings. The fourth-order valence-electron chi connectivity index (χ4n) is 1.68. The topological polar surface area (TPSA) is 27.7 Å². The minimum Gasteiger partial charge on any atom is -0.454 e. The molecule has 98 valence electrons. The Bertz CT molecular complexity index is 623. The summed E-state index contributed by atoms with van der Waals surface area (Å²) >= 11 is 1.83. The molecule has 0 spiro atoms. The van der Waals surface area contributed by atoms with Gasteiger partial charge in [0, 0.05) is 9.64 Å². The van der Waals surface area contributed by atoms with E-state index in [-0.39, 0.29) is 12.5 Å². The molecule has 2 aromatic carbocycles. The van der Waals surface area contributed by atoms with Crippen molar-refractivity contribution in [3.8, 4) is 23.0 Å². The minimum atomic E-state index is -0.748. The predicted molar refractivity (Wildman–Crippen MR) is 71.7 cm³/mol. The summed E-state index contributed by atoms with van der Waals surface area (Å²) in [6.07, 6.45) is 0. The van der Waals surface area contributed by atoms with Gasteiger partial charge >= 0.3 is 0 Å². The van der Waals surface area contributed by atoms with Gasteiger partial charge in [-0.3, -0.25) is 0 Å². The van der Waals surface area contributed by atoms with Gasteiger partial charge in [-0.1, -0.05) is 0 Å². The van der Waals surface area contributed by atoms with Crippen LogP contribution in [0.15, 0.2) is 30.3 Å². The third-order valence-corrected chi connectivity index (χ3v) is 3.15. The van der Waals surface area contributed by atoms with Gasteiger partial charge in [-0.15, -0.1) is 0 Å². The predicted octanol–water partition coefficient (Wildman–Crippen LogP) is 4.09. The molecule has 1 aliphatic heterocycles. The molecule has 19 heavy (non-hydrogen) atoms. The first kappa shape index (κ1) is 12.5. The number of rotatable bonds is 2. The Morgan fingerprint density at radius 1 is 1.00 bits per heavy atom. The van der Waals surface area contributed by atoms with E-state index in [0.717, 1.165) is 0 Å². The van der Waals surface area contributed by atoms with E-state index < -0.39 is 17.4 Å². The van der Waals surface area contributed by atoms with E-state index in [2.05, 4.69) is 0 Å². The highest BCUT2D eigenvalue weighted by Crippen LogP contribution is 2.37. The Balaban J connectivity index is 1.93. The highest BCUT2D eigenvalue weighted by molar-refractivity contribution is 14.1. The third kappa shape index (κ3) is 2.44. The van der Waals surface area contributed by atoms with Crippen LogP contribution in [0.2, 0.25) is 0 Å². The maximum Gasteiger partial charge on any atom is 0.231 e. The maximum absolute atomic E-state index is 13.6. The molecule has 0 radical (unpaired) electrons. The quantitative estimate of drug-likeness (QED) is 0.740. The van der Waals surface area contributed by atoms with Gasteiger partial charge in [0.2, 0.25) is 6.79 Å². The number of halogens is 3. The second kappa shape index (κ2) is 4.84. The second-order valence-corrected chi connectivity index (χ2v) is 5.06. The molecule has 0 bridgehead atoms. The average molecular weight is 376 g/mol. The molecule has 0 aromatic heterocycles. The molecule has 0 saturated heterocycles. The average Bonchev–Trinajstić information content (AvgIpc) is 2.81. The summed E-state index contributed by atoms with van der Waals surface area (Å²) in [6, 6.07) is 7.11. The first-order valence-electron chi connectivity index (χ1n) is 5.35. The Hall–Kier alpha value is -1.57. The third-order valence-electron chi connectivity index (χ3n) is 2.53. The molecule has 0 amide bonds. The molecular formula is C13H7F2IO3. The van der Waals surface area contributed by atoms with Crippen LogP contribution in [-0.2, 0) is 0 Å². The van der Waals surface area contributed by atoms with Gasteiger partial charge < -0.3 is 14.2 Å². The van der Waals surface area contributed by atoms with Crippen molar-refractivity contribution in [3.05, 3.63) is 45.5 Å². The largest absolute Gasteiger partial charge is 0.454 e. The first-order valence-corrected chi connectivity index (χ1v) is 6.43. The fraction of sp³-hybridized carbons (Fsp3) is 0.0769. The van der Waals surface area contributed by atoms with E-state index in [1.54, 1.807) is 12.1 Å². The summed E-state index contributed by atoms with van der Waals surface area (Å²) in [5.74, 6) is -0.577. The normalized spacial score (nSPS) is 12.6. The Labute approximate surface area is 121 Å². The molecule has 0 N–H and O–H groups in total. The molecule has 0 aliphatic carbocycles. The monoisotopic (exact) mass is 376 g/mol. The van der Waals surface area contributed by atoms with Crippen LogP contribution in [0, 0.1) is 15.2 Å². The molecule has 3 rings (SSSR count). The van der Waals surface area contributed by atoms with Crippen molar-refractivity contribution in [2.45, 2.75) is 0 Å². The lowest BCUT2D eigenvalue weighted by Gasteiger charge is -2.08. The summed E-state index contributed by atoms with van der Waals surface area (Å²) in [7, 11) is 0. The summed E-state index contributed by atoms with van der Waals surface area (Å²) < 4.78 is 43.3. The van der Waals surface area contributed by atoms with Crippen molar-refractivity contribution in [1.29, 1.82) is 0 Å². The molecule has 3 nitrogen and oxygen atoms in total. The van der Waals surface area contributed by atoms with Crippen LogP contribution in [0.4, 0.5) is 8.78 Å². The van der Waals surface area contributed by atoms with Crippen LogP contribution in [0.3, 0.4) is 0 Å². The van der Waals surface area contributed by atoms with Gasteiger partial charge in [-0.2, -0.15) is 0 Å². The Kier molecular flexibility index (Phi) is 3.17. The van der Waals surface area contributed by atoms with Gasteiger partial charge in [0.15, 0.2) is 28.9 Å². The lowest BCUT2D eigenvalue weighted by molar-refractivity contribution is 0.174. The number of benzene rings is 2. The van der Waals surface area contributed by atoms with E-state index in [4.69, 9.17) is 14.2 Å². The molecule has 2 aromatic rings. The van der Waals surface area contributed by atoms with Crippen molar-refractivity contribution < 1.29 is 23.0 Å². The molecule has 0 saturated carbocycles. The fourth-order valence-corrected chi connectivity index (χ4v) is 2.23. The van der Waals surface area contributed by atoms with Crippen LogP contribution in [-0.4, -0.2) is 6.79 Å². The maximum atomic E-state index is 13.6. The SMILES string of the molecule is Fc1cc(I)cc(F)c1Oc1ccc2c(c1)OCO2. The van der Waals surface area contributed by atoms with Crippen LogP contribution >= 0.6 is 22.6 Å². The standard InChI is InChI=1S/C13H7F2IO3/c14-9-3-7(16)4-10(15)13(9)19-8-1-2-11-12(5-8)18-6-17-11/h1-5H,6H2. The smallest absolute Gasteiger partial charge is 0.231 e. The van der Waals surface area contributed by atoms with Crippen LogP contribution in [0.1, 0.15) is 0 Å². The van der Waals surface area contributed by atoms with Gasteiger partial charge in [-0.05, 0) is 46.9 Å². The zero-order chi connectivity index (χ0) is 13.4. The van der Waals surface area contributed by atoms with Crippen LogP contribution in [0.25, 0.3) is 0 Å². The van der Waals surface area contributed by atoms with Crippen LogP contribution in [0.5, 0.6) is 23.0 Å². The number of hydrogen-bond acceptors (Lipinski definition) is 3. The van der Waals surface area contributed by atoms with E-state index in [9.17, 15) is 8.78 Å². The van der Waals surface area contributed by atoms with Crippen LogP contribution < -0.4 is 14.2 Å². The highest BCUT2D eigenvalue weighted by Gasteiger charge is 2.17. The van der Waals surface area contributed by atoms with Gasteiger partial charge in [-0.25, -0.2) is 8.78 Å². The first-order chi connectivity index (χ1) is 9.13. The molecule has 6 heteroatoms. The molecule has 0 unspecified atom stereocenters. The van der Waals surface area contributed by atoms with Crippen molar-refractivity contribution >= 4 is 22.6 Å². The summed E-state index contributed by atoms with van der Waals surface area (Å²) in [4.78, 5) is 0. The number of hydrogen-bond donors (Lipinski definition) is 0. The number of fused-ring (bicyclic) bond motifs is 1. The summed E-state index contributed by atoms with van der Waals surface area (Å²) in [5.41, 5.74) is 0. The minimum absolute atomic E-state index is 0.130. The van der Waals surface area contributed by atoms with E-state index in [0.29, 0.717) is 15.1 Å². The molecule has 0 atom stereocenters. The van der Waals surface area contributed by atoms with Crippen molar-refractivity contribution in [3.63, 3.8) is 0 Å². The van der Waals surface area contributed by atoms with Gasteiger partial charge in [0.25, 0.3) is 0 Å². The highest BCUT2D eigenvalue weighted by atomic mass is 127. The lowest BCUT2D eigenvalue weighted by atomic mass is 10.3. The summed E-state index contributed by atoms with van der Waals surface area (Å²) in [5, 5.41) is 0. The van der Waals surface area contributed by atoms with Gasteiger partial charge in [0.05, 0.1) is 0 Å². The van der Waals surface area contributed by atoms with Crippen molar-refractivity contribution in [2.24, 2.45) is 0 Å². The van der Waals surface area contributed by atoms with E-state index in [1.807, 2.05) is 22.6 Å². The zero-order valence-corrected chi connectivity index (χ0v) is 11.6. The van der Waals surface area contributed by atoms with Crippen molar-refractivity contribution in [1.82, 2.24) is 0 Å². The Morgan fingerprint density at radius 2 is 1.68 bits per heavy atom. The summed E-state index contributed by atoms with van der Waals surface area (Å²) in [6.45, 7) is 0.130. The zero-order valence-electron chi connectivity index (χ0n) is 9.45. The van der Waals surface area contributed by atoms with Gasteiger partial charge in [0.1, 0.15) is 5.75 Å². The lowest BCUT2D eigenvalue weighted by Crippen LogP contribution is -1.94. The Morgan fingerprint density at radius 3 is 2.42 bits per heavy atom. The molecular weight excluding hydrogens is 369 g/mol. The molecule has 1 heterocycles. The number of ether oxygens (including phenoxy) is 3. The van der Waals surface area contributed by atoms with Crippen molar-refractivity contribution in [2.75, 3.05) is 6.79 Å². The molecule has 1 aliphatic rings.